The summed E-state index contributed by atoms with van der Waals surface area (Å²) < 4.78 is 5.85. The lowest BCUT2D eigenvalue weighted by molar-refractivity contribution is 0.0982. The van der Waals surface area contributed by atoms with Crippen molar-refractivity contribution in [3.05, 3.63) is 88.6 Å². The van der Waals surface area contributed by atoms with Crippen LogP contribution in [0.3, 0.4) is 0 Å². The van der Waals surface area contributed by atoms with Crippen LogP contribution in [0.4, 0.5) is 0 Å². The van der Waals surface area contributed by atoms with Crippen LogP contribution in [0, 0.1) is 0 Å². The largest absolute Gasteiger partial charge is 0.493 e. The Morgan fingerprint density at radius 3 is 2.41 bits per heavy atom. The third-order valence-electron chi connectivity index (χ3n) is 5.57. The minimum absolute atomic E-state index is 0.198. The molecule has 3 rings (SSSR count). The summed E-state index contributed by atoms with van der Waals surface area (Å²) in [6.07, 6.45) is 3.50. The van der Waals surface area contributed by atoms with Gasteiger partial charge in [0.15, 0.2) is 5.78 Å². The number of allylic oxidation sites excluding steroid dienone is 3. The molecule has 2 atom stereocenters. The molecule has 1 heterocycles. The molecule has 1 N–H and O–H groups in total. The highest BCUT2D eigenvalue weighted by Crippen LogP contribution is 2.24. The van der Waals surface area contributed by atoms with Gasteiger partial charge in [-0.3, -0.25) is 4.79 Å². The Morgan fingerprint density at radius 2 is 1.76 bits per heavy atom. The molecule has 0 saturated carbocycles. The van der Waals surface area contributed by atoms with Crippen molar-refractivity contribution in [1.82, 2.24) is 5.32 Å². The Kier molecular flexibility index (Phi) is 6.92. The molecule has 0 radical (unpaired) electrons. The summed E-state index contributed by atoms with van der Waals surface area (Å²) in [6, 6.07) is 18.1. The van der Waals surface area contributed by atoms with Crippen molar-refractivity contribution in [3.63, 3.8) is 0 Å². The van der Waals surface area contributed by atoms with E-state index in [-0.39, 0.29) is 11.7 Å². The van der Waals surface area contributed by atoms with Crippen molar-refractivity contribution in [2.24, 2.45) is 0 Å². The van der Waals surface area contributed by atoms with E-state index in [4.69, 9.17) is 4.74 Å². The highest BCUT2D eigenvalue weighted by Gasteiger charge is 2.17. The van der Waals surface area contributed by atoms with Crippen LogP contribution in [0.1, 0.15) is 62.4 Å². The van der Waals surface area contributed by atoms with Crippen LogP contribution in [-0.2, 0) is 0 Å². The number of carbonyl (C=O) groups excluding carboxylic acids is 1. The van der Waals surface area contributed by atoms with Gasteiger partial charge in [0.25, 0.3) is 0 Å². The van der Waals surface area contributed by atoms with E-state index in [1.54, 1.807) is 0 Å². The standard InChI is InChI=1S/C26H31NO2/c1-18-16-20(3)27-21(4)25(18)14-15-26(28)23-12-10-22(11-13-23)19(2)17-29-24-8-6-5-7-9-24/h5-13,16,19,21,27H,14-15,17H2,1-4H3. The summed E-state index contributed by atoms with van der Waals surface area (Å²) in [5.74, 6) is 1.34. The van der Waals surface area contributed by atoms with E-state index in [9.17, 15) is 4.79 Å². The second-order valence-electron chi connectivity index (χ2n) is 7.97. The highest BCUT2D eigenvalue weighted by atomic mass is 16.5. The monoisotopic (exact) mass is 389 g/mol. The lowest BCUT2D eigenvalue weighted by Crippen LogP contribution is -2.30. The molecular formula is C26H31NO2. The summed E-state index contributed by atoms with van der Waals surface area (Å²) in [6.45, 7) is 9.13. The first-order chi connectivity index (χ1) is 13.9. The Morgan fingerprint density at radius 1 is 1.07 bits per heavy atom. The van der Waals surface area contributed by atoms with E-state index in [0.29, 0.717) is 19.1 Å². The number of para-hydroxylation sites is 1. The van der Waals surface area contributed by atoms with Crippen LogP contribution >= 0.6 is 0 Å². The van der Waals surface area contributed by atoms with Gasteiger partial charge in [-0.15, -0.1) is 0 Å². The van der Waals surface area contributed by atoms with Crippen LogP contribution < -0.4 is 10.1 Å². The van der Waals surface area contributed by atoms with Crippen molar-refractivity contribution in [2.75, 3.05) is 6.61 Å². The van der Waals surface area contributed by atoms with Gasteiger partial charge in [0, 0.05) is 29.6 Å². The van der Waals surface area contributed by atoms with Crippen molar-refractivity contribution in [1.29, 1.82) is 0 Å². The van der Waals surface area contributed by atoms with Gasteiger partial charge in [-0.05, 0) is 62.1 Å². The molecule has 0 aliphatic carbocycles. The quantitative estimate of drug-likeness (QED) is 0.559. The third kappa shape index (κ3) is 5.60. The average molecular weight is 390 g/mol. The zero-order valence-corrected chi connectivity index (χ0v) is 17.9. The zero-order valence-electron chi connectivity index (χ0n) is 17.9. The van der Waals surface area contributed by atoms with Gasteiger partial charge in [0.1, 0.15) is 5.75 Å². The number of ketones is 1. The fourth-order valence-electron chi connectivity index (χ4n) is 3.87. The van der Waals surface area contributed by atoms with Crippen LogP contribution in [0.2, 0.25) is 0 Å². The molecule has 0 amide bonds. The predicted octanol–water partition coefficient (Wildman–Crippen LogP) is 6.04. The topological polar surface area (TPSA) is 38.3 Å². The first kappa shape index (κ1) is 20.9. The molecule has 152 valence electrons. The van der Waals surface area contributed by atoms with E-state index >= 15 is 0 Å². The van der Waals surface area contributed by atoms with Gasteiger partial charge in [-0.25, -0.2) is 0 Å². The maximum Gasteiger partial charge on any atom is 0.163 e. The third-order valence-corrected chi connectivity index (χ3v) is 5.57. The molecule has 0 spiro atoms. The normalized spacial score (nSPS) is 17.4. The zero-order chi connectivity index (χ0) is 20.8. The molecule has 29 heavy (non-hydrogen) atoms. The van der Waals surface area contributed by atoms with E-state index in [1.807, 2.05) is 54.6 Å². The first-order valence-corrected chi connectivity index (χ1v) is 10.4. The van der Waals surface area contributed by atoms with E-state index in [1.165, 1.54) is 22.4 Å². The number of benzene rings is 2. The van der Waals surface area contributed by atoms with E-state index in [0.717, 1.165) is 17.7 Å². The fourth-order valence-corrected chi connectivity index (χ4v) is 3.87. The molecule has 3 nitrogen and oxygen atoms in total. The molecule has 0 fully saturated rings. The maximum atomic E-state index is 12.7. The van der Waals surface area contributed by atoms with Gasteiger partial charge in [-0.2, -0.15) is 0 Å². The lowest BCUT2D eigenvalue weighted by atomic mass is 9.92. The molecule has 3 heteroatoms. The number of nitrogens with one attached hydrogen (secondary N) is 1. The molecule has 1 aliphatic rings. The van der Waals surface area contributed by atoms with Gasteiger partial charge in [0.05, 0.1) is 6.61 Å². The minimum Gasteiger partial charge on any atom is -0.493 e. The van der Waals surface area contributed by atoms with Gasteiger partial charge < -0.3 is 10.1 Å². The van der Waals surface area contributed by atoms with Crippen molar-refractivity contribution < 1.29 is 9.53 Å². The smallest absolute Gasteiger partial charge is 0.163 e. The number of hydrogen-bond acceptors (Lipinski definition) is 3. The Balaban J connectivity index is 1.55. The fraction of sp³-hybridized carbons (Fsp3) is 0.346. The SMILES string of the molecule is CC1=CC(C)=C(CCC(=O)c2ccc(C(C)COc3ccccc3)cc2)C(C)N1. The Labute approximate surface area is 174 Å². The number of hydrogen-bond donors (Lipinski definition) is 1. The van der Waals surface area contributed by atoms with Crippen LogP contribution in [0.15, 0.2) is 77.5 Å². The number of rotatable bonds is 8. The van der Waals surface area contributed by atoms with Crippen LogP contribution in [0.5, 0.6) is 5.75 Å². The molecule has 2 unspecified atom stereocenters. The van der Waals surface area contributed by atoms with Crippen molar-refractivity contribution in [3.8, 4) is 5.75 Å². The van der Waals surface area contributed by atoms with Gasteiger partial charge >= 0.3 is 0 Å². The molecule has 1 aliphatic heterocycles. The number of dihydropyridines is 1. The number of carbonyl (C=O) groups is 1. The number of Topliss-reactive ketones (excluding diaryl/α,β-unsaturated/α-hetero) is 1. The second kappa shape index (κ2) is 9.60. The summed E-state index contributed by atoms with van der Waals surface area (Å²) in [4.78, 5) is 12.7. The Hall–Kier alpha value is -2.81. The van der Waals surface area contributed by atoms with E-state index in [2.05, 4.69) is 39.1 Å². The lowest BCUT2D eigenvalue weighted by Gasteiger charge is -2.25. The predicted molar refractivity (Wildman–Crippen MR) is 119 cm³/mol. The molecule has 0 aromatic heterocycles. The van der Waals surface area contributed by atoms with Gasteiger partial charge in [0.2, 0.25) is 0 Å². The molecule has 2 aromatic carbocycles. The van der Waals surface area contributed by atoms with Crippen LogP contribution in [-0.4, -0.2) is 18.4 Å². The summed E-state index contributed by atoms with van der Waals surface area (Å²) in [5.41, 5.74) is 5.76. The molecule has 0 bridgehead atoms. The number of ether oxygens (including phenoxy) is 1. The molecule has 2 aromatic rings. The summed E-state index contributed by atoms with van der Waals surface area (Å²) in [5, 5.41) is 3.45. The molecular weight excluding hydrogens is 358 g/mol. The van der Waals surface area contributed by atoms with Crippen molar-refractivity contribution >= 4 is 5.78 Å². The summed E-state index contributed by atoms with van der Waals surface area (Å²) in [7, 11) is 0. The average Bonchev–Trinajstić information content (AvgIpc) is 2.72. The molecule has 0 saturated heterocycles. The minimum atomic E-state index is 0.198. The maximum absolute atomic E-state index is 12.7. The van der Waals surface area contributed by atoms with E-state index < -0.39 is 0 Å². The second-order valence-corrected chi connectivity index (χ2v) is 7.97. The highest BCUT2D eigenvalue weighted by molar-refractivity contribution is 5.96. The van der Waals surface area contributed by atoms with Crippen LogP contribution in [0.25, 0.3) is 0 Å². The first-order valence-electron chi connectivity index (χ1n) is 10.4. The van der Waals surface area contributed by atoms with Crippen molar-refractivity contribution in [2.45, 2.75) is 52.5 Å². The Bertz CT molecular complexity index is 894. The van der Waals surface area contributed by atoms with Gasteiger partial charge in [-0.1, -0.05) is 49.4 Å². The summed E-state index contributed by atoms with van der Waals surface area (Å²) >= 11 is 0.